The molecule has 0 aliphatic heterocycles. The Bertz CT molecular complexity index is 633. The zero-order valence-corrected chi connectivity index (χ0v) is 16.2. The second-order valence-corrected chi connectivity index (χ2v) is 7.92. The summed E-state index contributed by atoms with van der Waals surface area (Å²) < 4.78 is 26.7. The van der Waals surface area contributed by atoms with Crippen LogP contribution in [0.3, 0.4) is 0 Å². The molecule has 0 saturated heterocycles. The Kier molecular flexibility index (Phi) is 9.50. The fourth-order valence-corrected chi connectivity index (χ4v) is 3.55. The highest BCUT2D eigenvalue weighted by Crippen LogP contribution is 2.13. The Morgan fingerprint density at radius 1 is 1.12 bits per heavy atom. The maximum Gasteiger partial charge on any atom is 0.224 e. The van der Waals surface area contributed by atoms with Crippen molar-refractivity contribution in [2.45, 2.75) is 52.1 Å². The van der Waals surface area contributed by atoms with Gasteiger partial charge in [0.2, 0.25) is 15.9 Å². The lowest BCUT2D eigenvalue weighted by Crippen LogP contribution is -2.38. The molecule has 2 atom stereocenters. The van der Waals surface area contributed by atoms with Crippen molar-refractivity contribution in [2.24, 2.45) is 11.7 Å². The minimum absolute atomic E-state index is 0. The van der Waals surface area contributed by atoms with Crippen molar-refractivity contribution in [1.29, 1.82) is 0 Å². The SMILES string of the molecule is CC(C)NS(=O)(=O)Cc1ccccc1CNC(=O)C(C)C(C)N.Cl. The number of carbonyl (C=O) groups is 1. The zero-order valence-electron chi connectivity index (χ0n) is 14.6. The van der Waals surface area contributed by atoms with Crippen LogP contribution in [0.25, 0.3) is 0 Å². The molecule has 0 aromatic heterocycles. The topological polar surface area (TPSA) is 101 Å². The number of amides is 1. The van der Waals surface area contributed by atoms with Crippen LogP contribution in [0.4, 0.5) is 0 Å². The first-order chi connectivity index (χ1) is 10.6. The van der Waals surface area contributed by atoms with Gasteiger partial charge in [-0.15, -0.1) is 12.4 Å². The van der Waals surface area contributed by atoms with E-state index in [-0.39, 0.29) is 48.6 Å². The smallest absolute Gasteiger partial charge is 0.224 e. The maximum atomic E-state index is 12.1. The van der Waals surface area contributed by atoms with Crippen molar-refractivity contribution in [3.05, 3.63) is 35.4 Å². The minimum atomic E-state index is -3.41. The number of hydrogen-bond acceptors (Lipinski definition) is 4. The van der Waals surface area contributed by atoms with Crippen molar-refractivity contribution in [1.82, 2.24) is 10.0 Å². The van der Waals surface area contributed by atoms with E-state index >= 15 is 0 Å². The number of carbonyl (C=O) groups excluding carboxylic acids is 1. The average molecular weight is 378 g/mol. The van der Waals surface area contributed by atoms with Crippen LogP contribution in [0.5, 0.6) is 0 Å². The number of sulfonamides is 1. The first-order valence-electron chi connectivity index (χ1n) is 7.72. The second kappa shape index (κ2) is 9.98. The van der Waals surface area contributed by atoms with Gasteiger partial charge in [-0.25, -0.2) is 13.1 Å². The van der Waals surface area contributed by atoms with Crippen molar-refractivity contribution >= 4 is 28.3 Å². The van der Waals surface area contributed by atoms with E-state index in [1.54, 1.807) is 39.8 Å². The Labute approximate surface area is 151 Å². The van der Waals surface area contributed by atoms with Crippen LogP contribution in [0, 0.1) is 5.92 Å². The Hall–Kier alpha value is -1.15. The Morgan fingerprint density at radius 2 is 1.67 bits per heavy atom. The lowest BCUT2D eigenvalue weighted by Gasteiger charge is -2.17. The van der Waals surface area contributed by atoms with Gasteiger partial charge in [0.1, 0.15) is 0 Å². The van der Waals surface area contributed by atoms with Crippen LogP contribution in [0.1, 0.15) is 38.8 Å². The van der Waals surface area contributed by atoms with Gasteiger partial charge in [-0.1, -0.05) is 31.2 Å². The van der Waals surface area contributed by atoms with E-state index in [1.807, 2.05) is 12.1 Å². The Morgan fingerprint density at radius 3 is 2.17 bits per heavy atom. The third kappa shape index (κ3) is 7.61. The Balaban J connectivity index is 0.00000529. The van der Waals surface area contributed by atoms with Gasteiger partial charge in [0, 0.05) is 24.5 Å². The molecule has 0 aliphatic carbocycles. The molecule has 24 heavy (non-hydrogen) atoms. The van der Waals surface area contributed by atoms with Crippen LogP contribution < -0.4 is 15.8 Å². The minimum Gasteiger partial charge on any atom is -0.352 e. The fraction of sp³-hybridized carbons (Fsp3) is 0.562. The van der Waals surface area contributed by atoms with E-state index in [9.17, 15) is 13.2 Å². The maximum absolute atomic E-state index is 12.1. The molecule has 2 unspecified atom stereocenters. The predicted molar refractivity (Wildman–Crippen MR) is 99.2 cm³/mol. The molecule has 1 aromatic carbocycles. The molecule has 1 rings (SSSR count). The molecule has 0 heterocycles. The highest BCUT2D eigenvalue weighted by molar-refractivity contribution is 7.88. The summed E-state index contributed by atoms with van der Waals surface area (Å²) in [5, 5.41) is 2.81. The van der Waals surface area contributed by atoms with Gasteiger partial charge in [0.25, 0.3) is 0 Å². The van der Waals surface area contributed by atoms with Gasteiger partial charge in [0.05, 0.1) is 5.75 Å². The van der Waals surface area contributed by atoms with E-state index in [2.05, 4.69) is 10.0 Å². The molecule has 0 saturated carbocycles. The largest absolute Gasteiger partial charge is 0.352 e. The molecule has 0 radical (unpaired) electrons. The van der Waals surface area contributed by atoms with Crippen LogP contribution >= 0.6 is 12.4 Å². The molecule has 0 fully saturated rings. The monoisotopic (exact) mass is 377 g/mol. The molecule has 8 heteroatoms. The van der Waals surface area contributed by atoms with E-state index in [4.69, 9.17) is 5.73 Å². The van der Waals surface area contributed by atoms with Gasteiger partial charge < -0.3 is 11.1 Å². The zero-order chi connectivity index (χ0) is 17.6. The quantitative estimate of drug-likeness (QED) is 0.639. The molecule has 0 spiro atoms. The molecular formula is C16H28ClN3O3S. The van der Waals surface area contributed by atoms with E-state index in [1.165, 1.54) is 0 Å². The van der Waals surface area contributed by atoms with Crippen molar-refractivity contribution in [2.75, 3.05) is 0 Å². The third-order valence-corrected chi connectivity index (χ3v) is 5.06. The number of rotatable bonds is 8. The van der Waals surface area contributed by atoms with Crippen LogP contribution in [-0.4, -0.2) is 26.4 Å². The lowest BCUT2D eigenvalue weighted by atomic mass is 10.0. The molecule has 6 nitrogen and oxygen atoms in total. The summed E-state index contributed by atoms with van der Waals surface area (Å²) in [6.07, 6.45) is 0. The van der Waals surface area contributed by atoms with Gasteiger partial charge in [0.15, 0.2) is 0 Å². The van der Waals surface area contributed by atoms with Crippen molar-refractivity contribution in [3.8, 4) is 0 Å². The molecule has 4 N–H and O–H groups in total. The normalized spacial score (nSPS) is 13.9. The summed E-state index contributed by atoms with van der Waals surface area (Å²) in [4.78, 5) is 12.0. The number of hydrogen-bond donors (Lipinski definition) is 3. The molecule has 0 aliphatic rings. The lowest BCUT2D eigenvalue weighted by molar-refractivity contribution is -0.125. The first-order valence-corrected chi connectivity index (χ1v) is 9.37. The van der Waals surface area contributed by atoms with E-state index < -0.39 is 10.0 Å². The third-order valence-electron chi connectivity index (χ3n) is 3.53. The summed E-state index contributed by atoms with van der Waals surface area (Å²) in [5.74, 6) is -0.549. The van der Waals surface area contributed by atoms with Gasteiger partial charge in [-0.05, 0) is 31.9 Å². The summed E-state index contributed by atoms with van der Waals surface area (Å²) >= 11 is 0. The standard InChI is InChI=1S/C16H27N3O3S.ClH/c1-11(2)19-23(21,22)10-15-8-6-5-7-14(15)9-18-16(20)12(3)13(4)17;/h5-8,11-13,19H,9-10,17H2,1-4H3,(H,18,20);1H. The number of nitrogens with two attached hydrogens (primary N) is 1. The van der Waals surface area contributed by atoms with Crippen molar-refractivity contribution < 1.29 is 13.2 Å². The van der Waals surface area contributed by atoms with Crippen molar-refractivity contribution in [3.63, 3.8) is 0 Å². The van der Waals surface area contributed by atoms with Gasteiger partial charge >= 0.3 is 0 Å². The molecule has 1 aromatic rings. The molecule has 0 bridgehead atoms. The van der Waals surface area contributed by atoms with Crippen LogP contribution in [0.15, 0.2) is 24.3 Å². The van der Waals surface area contributed by atoms with Crippen LogP contribution in [-0.2, 0) is 27.1 Å². The van der Waals surface area contributed by atoms with Gasteiger partial charge in [-0.2, -0.15) is 0 Å². The number of nitrogens with one attached hydrogen (secondary N) is 2. The summed E-state index contributed by atoms with van der Waals surface area (Å²) in [6.45, 7) is 7.38. The summed E-state index contributed by atoms with van der Waals surface area (Å²) in [7, 11) is -3.41. The molecule has 138 valence electrons. The number of halogens is 1. The van der Waals surface area contributed by atoms with E-state index in [0.717, 1.165) is 5.56 Å². The van der Waals surface area contributed by atoms with E-state index in [0.29, 0.717) is 5.56 Å². The highest BCUT2D eigenvalue weighted by Gasteiger charge is 2.18. The highest BCUT2D eigenvalue weighted by atomic mass is 35.5. The molecular weight excluding hydrogens is 350 g/mol. The first kappa shape index (κ1) is 22.9. The summed E-state index contributed by atoms with van der Waals surface area (Å²) in [6, 6.07) is 6.80. The fourth-order valence-electron chi connectivity index (χ4n) is 2.06. The second-order valence-electron chi connectivity index (χ2n) is 6.17. The molecule has 1 amide bonds. The van der Waals surface area contributed by atoms with Gasteiger partial charge in [-0.3, -0.25) is 4.79 Å². The predicted octanol–water partition coefficient (Wildman–Crippen LogP) is 1.54. The average Bonchev–Trinajstić information content (AvgIpc) is 2.43. The number of benzene rings is 1. The van der Waals surface area contributed by atoms with Crippen LogP contribution in [0.2, 0.25) is 0 Å². The summed E-state index contributed by atoms with van der Waals surface area (Å²) in [5.41, 5.74) is 7.18.